The molecule has 3 aromatic rings. The average Bonchev–Trinajstić information content (AvgIpc) is 3.45. The molecule has 38 heavy (non-hydrogen) atoms. The second kappa shape index (κ2) is 12.6. The number of thiophene rings is 1. The minimum atomic E-state index is -1.02. The molecule has 0 aliphatic heterocycles. The molecular formula is C29H35N3O5S. The zero-order valence-corrected chi connectivity index (χ0v) is 23.5. The summed E-state index contributed by atoms with van der Waals surface area (Å²) >= 11 is 1.28. The first-order valence-corrected chi connectivity index (χ1v) is 13.2. The van der Waals surface area contributed by atoms with Crippen molar-refractivity contribution < 1.29 is 23.9 Å². The molecule has 0 spiro atoms. The molecule has 8 nitrogen and oxygen atoms in total. The van der Waals surface area contributed by atoms with Crippen LogP contribution in [0.2, 0.25) is 0 Å². The van der Waals surface area contributed by atoms with E-state index in [4.69, 9.17) is 9.47 Å². The topological polar surface area (TPSA) is 97.0 Å². The first-order chi connectivity index (χ1) is 18.1. The number of nitrogens with zero attached hydrogens (tertiary/aromatic N) is 1. The molecule has 1 heterocycles. The summed E-state index contributed by atoms with van der Waals surface area (Å²) < 4.78 is 10.9. The SMILES string of the molecule is CCC(C)(C)NC(=O)[C@@H](c1ccc(C)cc1)N(C(=O)CNC(=O)c1cccs1)c1cc(OC)cc(OC)c1. The number of methoxy groups -OCH3 is 2. The summed E-state index contributed by atoms with van der Waals surface area (Å²) in [6.07, 6.45) is 0.692. The third-order valence-corrected chi connectivity index (χ3v) is 7.14. The number of hydrogen-bond donors (Lipinski definition) is 2. The van der Waals surface area contributed by atoms with Gasteiger partial charge in [-0.2, -0.15) is 0 Å². The lowest BCUT2D eigenvalue weighted by atomic mass is 9.97. The zero-order chi connectivity index (χ0) is 27.9. The number of carbonyl (C=O) groups is 3. The number of carbonyl (C=O) groups excluding carboxylic acids is 3. The Hall–Kier alpha value is -3.85. The summed E-state index contributed by atoms with van der Waals surface area (Å²) in [6.45, 7) is 7.48. The molecule has 1 aromatic heterocycles. The Morgan fingerprint density at radius 3 is 2.16 bits per heavy atom. The van der Waals surface area contributed by atoms with Gasteiger partial charge in [0.05, 0.1) is 31.3 Å². The van der Waals surface area contributed by atoms with E-state index in [1.54, 1.807) is 35.7 Å². The van der Waals surface area contributed by atoms with E-state index in [-0.39, 0.29) is 18.4 Å². The fourth-order valence-electron chi connectivity index (χ4n) is 3.76. The molecule has 2 aromatic carbocycles. The van der Waals surface area contributed by atoms with Crippen LogP contribution in [0.5, 0.6) is 11.5 Å². The largest absolute Gasteiger partial charge is 0.497 e. The highest BCUT2D eigenvalue weighted by molar-refractivity contribution is 7.12. The van der Waals surface area contributed by atoms with Crippen LogP contribution in [0.3, 0.4) is 0 Å². The Morgan fingerprint density at radius 2 is 1.63 bits per heavy atom. The maximum absolute atomic E-state index is 13.9. The normalized spacial score (nSPS) is 11.8. The van der Waals surface area contributed by atoms with E-state index in [0.717, 1.165) is 5.56 Å². The van der Waals surface area contributed by atoms with Crippen LogP contribution in [-0.4, -0.2) is 44.0 Å². The van der Waals surface area contributed by atoms with Gasteiger partial charge < -0.3 is 20.1 Å². The maximum atomic E-state index is 13.9. The third kappa shape index (κ3) is 7.13. The summed E-state index contributed by atoms with van der Waals surface area (Å²) in [7, 11) is 3.03. The summed E-state index contributed by atoms with van der Waals surface area (Å²) in [4.78, 5) is 42.3. The standard InChI is InChI=1S/C29H35N3O5S/c1-7-29(3,4)31-28(35)26(20-12-10-19(2)11-13-20)32(21-15-22(36-5)17-23(16-21)37-6)25(33)18-30-27(34)24-9-8-14-38-24/h8-17,26H,7,18H2,1-6H3,(H,30,34)(H,31,35)/t26-/m1/s1. The fraction of sp³-hybridized carbons (Fsp3) is 0.345. The smallest absolute Gasteiger partial charge is 0.261 e. The lowest BCUT2D eigenvalue weighted by molar-refractivity contribution is -0.127. The molecule has 9 heteroatoms. The van der Waals surface area contributed by atoms with Crippen LogP contribution in [0, 0.1) is 6.92 Å². The van der Waals surface area contributed by atoms with Gasteiger partial charge >= 0.3 is 0 Å². The Morgan fingerprint density at radius 1 is 1.00 bits per heavy atom. The van der Waals surface area contributed by atoms with Gasteiger partial charge in [0, 0.05) is 23.7 Å². The second-order valence-electron chi connectivity index (χ2n) is 9.53. The highest BCUT2D eigenvalue weighted by Gasteiger charge is 2.35. The van der Waals surface area contributed by atoms with Crippen molar-refractivity contribution in [2.24, 2.45) is 0 Å². The Balaban J connectivity index is 2.11. The number of hydrogen-bond acceptors (Lipinski definition) is 6. The van der Waals surface area contributed by atoms with Crippen LogP contribution < -0.4 is 25.0 Å². The van der Waals surface area contributed by atoms with Crippen molar-refractivity contribution in [2.45, 2.75) is 45.7 Å². The monoisotopic (exact) mass is 537 g/mol. The summed E-state index contributed by atoms with van der Waals surface area (Å²) in [5.41, 5.74) is 1.53. The minimum Gasteiger partial charge on any atom is -0.497 e. The molecule has 0 saturated heterocycles. The van der Waals surface area contributed by atoms with E-state index in [2.05, 4.69) is 10.6 Å². The highest BCUT2D eigenvalue weighted by Crippen LogP contribution is 2.34. The van der Waals surface area contributed by atoms with Gasteiger partial charge in [-0.3, -0.25) is 19.3 Å². The predicted octanol–water partition coefficient (Wildman–Crippen LogP) is 4.88. The molecule has 2 N–H and O–H groups in total. The van der Waals surface area contributed by atoms with Gasteiger partial charge in [0.1, 0.15) is 17.5 Å². The van der Waals surface area contributed by atoms with Gasteiger partial charge in [0.2, 0.25) is 11.8 Å². The number of anilines is 1. The number of ether oxygens (including phenoxy) is 2. The van der Waals surface area contributed by atoms with Crippen molar-refractivity contribution in [3.8, 4) is 11.5 Å². The number of benzene rings is 2. The molecule has 0 saturated carbocycles. The number of aryl methyl sites for hydroxylation is 1. The highest BCUT2D eigenvalue weighted by atomic mass is 32.1. The minimum absolute atomic E-state index is 0.316. The zero-order valence-electron chi connectivity index (χ0n) is 22.7. The molecule has 0 unspecified atom stereocenters. The molecule has 202 valence electrons. The van der Waals surface area contributed by atoms with Crippen molar-refractivity contribution in [1.82, 2.24) is 10.6 Å². The second-order valence-corrected chi connectivity index (χ2v) is 10.5. The van der Waals surface area contributed by atoms with Crippen LogP contribution in [0.4, 0.5) is 5.69 Å². The molecular weight excluding hydrogens is 502 g/mol. The van der Waals surface area contributed by atoms with Gasteiger partial charge in [-0.25, -0.2) is 0 Å². The predicted molar refractivity (Wildman–Crippen MR) is 150 cm³/mol. The summed E-state index contributed by atoms with van der Waals surface area (Å²) in [6, 6.07) is 14.9. The third-order valence-electron chi connectivity index (χ3n) is 6.27. The number of amides is 3. The number of nitrogens with one attached hydrogen (secondary N) is 2. The van der Waals surface area contributed by atoms with E-state index in [1.165, 1.54) is 30.5 Å². The van der Waals surface area contributed by atoms with Crippen LogP contribution in [-0.2, 0) is 9.59 Å². The number of rotatable bonds is 11. The van der Waals surface area contributed by atoms with Gasteiger partial charge in [0.25, 0.3) is 5.91 Å². The van der Waals surface area contributed by atoms with E-state index in [9.17, 15) is 14.4 Å². The van der Waals surface area contributed by atoms with Crippen LogP contribution in [0.15, 0.2) is 60.0 Å². The Bertz CT molecular complexity index is 1230. The molecule has 0 fully saturated rings. The van der Waals surface area contributed by atoms with Gasteiger partial charge in [0.15, 0.2) is 0 Å². The lowest BCUT2D eigenvalue weighted by Gasteiger charge is -2.35. The molecule has 3 amide bonds. The molecule has 1 atom stereocenters. The van der Waals surface area contributed by atoms with Crippen molar-refractivity contribution in [2.75, 3.05) is 25.7 Å². The Labute approximate surface area is 228 Å². The van der Waals surface area contributed by atoms with Crippen LogP contribution >= 0.6 is 11.3 Å². The van der Waals surface area contributed by atoms with Crippen molar-refractivity contribution in [1.29, 1.82) is 0 Å². The van der Waals surface area contributed by atoms with Crippen LogP contribution in [0.1, 0.15) is 54.0 Å². The summed E-state index contributed by atoms with van der Waals surface area (Å²) in [5.74, 6) is -0.269. The maximum Gasteiger partial charge on any atom is 0.261 e. The average molecular weight is 538 g/mol. The quantitative estimate of drug-likeness (QED) is 0.363. The first-order valence-electron chi connectivity index (χ1n) is 12.3. The molecule has 3 rings (SSSR count). The molecule has 0 aliphatic rings. The van der Waals surface area contributed by atoms with Crippen molar-refractivity contribution in [3.05, 3.63) is 76.0 Å². The van der Waals surface area contributed by atoms with Gasteiger partial charge in [-0.1, -0.05) is 42.8 Å². The van der Waals surface area contributed by atoms with Gasteiger partial charge in [-0.15, -0.1) is 11.3 Å². The van der Waals surface area contributed by atoms with Crippen molar-refractivity contribution >= 4 is 34.7 Å². The van der Waals surface area contributed by atoms with E-state index >= 15 is 0 Å². The van der Waals surface area contributed by atoms with E-state index in [0.29, 0.717) is 34.0 Å². The van der Waals surface area contributed by atoms with E-state index in [1.807, 2.05) is 52.0 Å². The van der Waals surface area contributed by atoms with Crippen molar-refractivity contribution in [3.63, 3.8) is 0 Å². The molecule has 0 bridgehead atoms. The molecule has 0 aliphatic carbocycles. The fourth-order valence-corrected chi connectivity index (χ4v) is 4.40. The van der Waals surface area contributed by atoms with Crippen LogP contribution in [0.25, 0.3) is 0 Å². The Kier molecular flexibility index (Phi) is 9.52. The van der Waals surface area contributed by atoms with Gasteiger partial charge in [-0.05, 0) is 44.2 Å². The first kappa shape index (κ1) is 28.7. The lowest BCUT2D eigenvalue weighted by Crippen LogP contribution is -2.52. The molecule has 0 radical (unpaired) electrons. The van der Waals surface area contributed by atoms with E-state index < -0.39 is 17.5 Å². The summed E-state index contributed by atoms with van der Waals surface area (Å²) in [5, 5.41) is 7.57.